The van der Waals surface area contributed by atoms with Crippen molar-refractivity contribution < 1.29 is 9.32 Å². The number of nitrogens with zero attached hydrogens (tertiary/aromatic N) is 3. The molecule has 1 fully saturated rings. The predicted molar refractivity (Wildman–Crippen MR) is 79.7 cm³/mol. The molecule has 0 saturated carbocycles. The Labute approximate surface area is 126 Å². The average Bonchev–Trinajstić information content (AvgIpc) is 2.88. The molecule has 1 aromatic rings. The first kappa shape index (κ1) is 15.9. The van der Waals surface area contributed by atoms with Crippen LogP contribution in [0.1, 0.15) is 58.2 Å². The smallest absolute Gasteiger partial charge is 0.227 e. The van der Waals surface area contributed by atoms with Gasteiger partial charge in [0, 0.05) is 37.9 Å². The molecule has 6 heteroatoms. The lowest BCUT2D eigenvalue weighted by atomic mass is 9.79. The van der Waals surface area contributed by atoms with Crippen LogP contribution in [0.4, 0.5) is 0 Å². The first-order valence-corrected chi connectivity index (χ1v) is 7.65. The number of hydrogen-bond donors (Lipinski definition) is 1. The maximum absolute atomic E-state index is 12.3. The molecule has 1 amide bonds. The van der Waals surface area contributed by atoms with Gasteiger partial charge in [-0.1, -0.05) is 32.9 Å². The maximum Gasteiger partial charge on any atom is 0.227 e. The van der Waals surface area contributed by atoms with E-state index in [2.05, 4.69) is 24.0 Å². The zero-order chi connectivity index (χ0) is 15.6. The SMILES string of the molecule is CC(C)c1noc(CCC(=O)N2CCC(N)C(C)(C)C2)n1. The Balaban J connectivity index is 1.87. The summed E-state index contributed by atoms with van der Waals surface area (Å²) < 4.78 is 5.17. The summed E-state index contributed by atoms with van der Waals surface area (Å²) in [7, 11) is 0. The Hall–Kier alpha value is -1.43. The van der Waals surface area contributed by atoms with E-state index in [1.165, 1.54) is 0 Å². The van der Waals surface area contributed by atoms with Gasteiger partial charge in [0.15, 0.2) is 5.82 Å². The highest BCUT2D eigenvalue weighted by Gasteiger charge is 2.35. The summed E-state index contributed by atoms with van der Waals surface area (Å²) in [5.74, 6) is 1.62. The quantitative estimate of drug-likeness (QED) is 0.913. The largest absolute Gasteiger partial charge is 0.342 e. The second kappa shape index (κ2) is 6.13. The lowest BCUT2D eigenvalue weighted by Crippen LogP contribution is -2.54. The minimum absolute atomic E-state index is 0.0246. The molecule has 0 aromatic carbocycles. The standard InChI is InChI=1S/C15H26N4O2/c1-10(2)14-17-12(21-18-14)5-6-13(20)19-8-7-11(16)15(3,4)9-19/h10-11H,5-9,16H2,1-4H3. The third-order valence-electron chi connectivity index (χ3n) is 4.22. The number of nitrogens with two attached hydrogens (primary N) is 1. The van der Waals surface area contributed by atoms with E-state index < -0.39 is 0 Å². The van der Waals surface area contributed by atoms with Crippen molar-refractivity contribution in [2.45, 2.75) is 58.9 Å². The number of carbonyl (C=O) groups excluding carboxylic acids is 1. The topological polar surface area (TPSA) is 85.2 Å². The maximum atomic E-state index is 12.3. The molecule has 1 unspecified atom stereocenters. The summed E-state index contributed by atoms with van der Waals surface area (Å²) in [6, 6.07) is 0.158. The molecule has 2 N–H and O–H groups in total. The first-order chi connectivity index (χ1) is 9.79. The van der Waals surface area contributed by atoms with Gasteiger partial charge in [-0.3, -0.25) is 4.79 Å². The van der Waals surface area contributed by atoms with Crippen LogP contribution < -0.4 is 5.73 Å². The van der Waals surface area contributed by atoms with Crippen molar-refractivity contribution >= 4 is 5.91 Å². The van der Waals surface area contributed by atoms with Crippen molar-refractivity contribution in [3.8, 4) is 0 Å². The van der Waals surface area contributed by atoms with Gasteiger partial charge in [-0.25, -0.2) is 0 Å². The van der Waals surface area contributed by atoms with Gasteiger partial charge in [-0.2, -0.15) is 4.98 Å². The Morgan fingerprint density at radius 1 is 1.52 bits per heavy atom. The van der Waals surface area contributed by atoms with Crippen LogP contribution >= 0.6 is 0 Å². The van der Waals surface area contributed by atoms with Gasteiger partial charge in [0.2, 0.25) is 11.8 Å². The van der Waals surface area contributed by atoms with Crippen LogP contribution in [0.3, 0.4) is 0 Å². The summed E-state index contributed by atoms with van der Waals surface area (Å²) in [4.78, 5) is 18.5. The number of carbonyl (C=O) groups is 1. The molecule has 21 heavy (non-hydrogen) atoms. The molecule has 0 aliphatic carbocycles. The molecule has 0 spiro atoms. The molecule has 1 saturated heterocycles. The summed E-state index contributed by atoms with van der Waals surface area (Å²) in [5, 5.41) is 3.91. The van der Waals surface area contributed by atoms with Crippen LogP contribution in [0, 0.1) is 5.41 Å². The molecular weight excluding hydrogens is 268 g/mol. The monoisotopic (exact) mass is 294 g/mol. The number of aromatic nitrogens is 2. The zero-order valence-electron chi connectivity index (χ0n) is 13.4. The minimum Gasteiger partial charge on any atom is -0.342 e. The van der Waals surface area contributed by atoms with E-state index in [1.807, 2.05) is 18.7 Å². The zero-order valence-corrected chi connectivity index (χ0v) is 13.4. The van der Waals surface area contributed by atoms with E-state index in [0.29, 0.717) is 31.1 Å². The summed E-state index contributed by atoms with van der Waals surface area (Å²) >= 11 is 0. The van der Waals surface area contributed by atoms with E-state index in [1.54, 1.807) is 0 Å². The van der Waals surface area contributed by atoms with Crippen molar-refractivity contribution in [3.05, 3.63) is 11.7 Å². The van der Waals surface area contributed by atoms with Crippen LogP contribution in [0.15, 0.2) is 4.52 Å². The highest BCUT2D eigenvalue weighted by Crippen LogP contribution is 2.28. The second-order valence-corrected chi connectivity index (χ2v) is 6.90. The molecule has 118 valence electrons. The van der Waals surface area contributed by atoms with Crippen molar-refractivity contribution in [1.82, 2.24) is 15.0 Å². The minimum atomic E-state index is -0.0246. The van der Waals surface area contributed by atoms with E-state index in [0.717, 1.165) is 13.0 Å². The number of rotatable bonds is 4. The lowest BCUT2D eigenvalue weighted by Gasteiger charge is -2.42. The van der Waals surface area contributed by atoms with Crippen molar-refractivity contribution in [2.75, 3.05) is 13.1 Å². The molecule has 6 nitrogen and oxygen atoms in total. The molecule has 1 aliphatic rings. The van der Waals surface area contributed by atoms with E-state index in [-0.39, 0.29) is 23.3 Å². The summed E-state index contributed by atoms with van der Waals surface area (Å²) in [6.07, 6.45) is 1.77. The number of piperidine rings is 1. The molecular formula is C15H26N4O2. The Morgan fingerprint density at radius 3 is 2.81 bits per heavy atom. The second-order valence-electron chi connectivity index (χ2n) is 6.90. The average molecular weight is 294 g/mol. The van der Waals surface area contributed by atoms with Gasteiger partial charge in [0.05, 0.1) is 0 Å². The lowest BCUT2D eigenvalue weighted by molar-refractivity contribution is -0.134. The molecule has 2 rings (SSSR count). The number of amides is 1. The van der Waals surface area contributed by atoms with Crippen LogP contribution in [-0.4, -0.2) is 40.1 Å². The Morgan fingerprint density at radius 2 is 2.24 bits per heavy atom. The van der Waals surface area contributed by atoms with Crippen molar-refractivity contribution in [3.63, 3.8) is 0 Å². The first-order valence-electron chi connectivity index (χ1n) is 7.65. The van der Waals surface area contributed by atoms with Gasteiger partial charge in [0.25, 0.3) is 0 Å². The fourth-order valence-electron chi connectivity index (χ4n) is 2.56. The highest BCUT2D eigenvalue weighted by molar-refractivity contribution is 5.76. The van der Waals surface area contributed by atoms with Gasteiger partial charge in [-0.05, 0) is 11.8 Å². The molecule has 1 aliphatic heterocycles. The fraction of sp³-hybridized carbons (Fsp3) is 0.800. The predicted octanol–water partition coefficient (Wildman–Crippen LogP) is 1.71. The Bertz CT molecular complexity index is 496. The van der Waals surface area contributed by atoms with Gasteiger partial charge in [0.1, 0.15) is 0 Å². The van der Waals surface area contributed by atoms with E-state index in [4.69, 9.17) is 10.3 Å². The van der Waals surface area contributed by atoms with Crippen LogP contribution in [0.5, 0.6) is 0 Å². The van der Waals surface area contributed by atoms with Crippen molar-refractivity contribution in [2.24, 2.45) is 11.1 Å². The van der Waals surface area contributed by atoms with Crippen molar-refractivity contribution in [1.29, 1.82) is 0 Å². The molecule has 2 heterocycles. The fourth-order valence-corrected chi connectivity index (χ4v) is 2.56. The van der Waals surface area contributed by atoms with Gasteiger partial charge in [-0.15, -0.1) is 0 Å². The van der Waals surface area contributed by atoms with E-state index in [9.17, 15) is 4.79 Å². The number of hydrogen-bond acceptors (Lipinski definition) is 5. The van der Waals surface area contributed by atoms with Crippen LogP contribution in [0.25, 0.3) is 0 Å². The molecule has 0 radical (unpaired) electrons. The van der Waals surface area contributed by atoms with E-state index >= 15 is 0 Å². The number of aryl methyl sites for hydroxylation is 1. The van der Waals surface area contributed by atoms with Gasteiger partial charge >= 0.3 is 0 Å². The summed E-state index contributed by atoms with van der Waals surface area (Å²) in [5.41, 5.74) is 6.08. The van der Waals surface area contributed by atoms with Crippen LogP contribution in [-0.2, 0) is 11.2 Å². The third-order valence-corrected chi connectivity index (χ3v) is 4.22. The summed E-state index contributed by atoms with van der Waals surface area (Å²) in [6.45, 7) is 9.71. The normalized spacial score (nSPS) is 21.8. The molecule has 1 aromatic heterocycles. The highest BCUT2D eigenvalue weighted by atomic mass is 16.5. The third kappa shape index (κ3) is 3.81. The van der Waals surface area contributed by atoms with Gasteiger partial charge < -0.3 is 15.2 Å². The molecule has 1 atom stereocenters. The molecule has 0 bridgehead atoms. The van der Waals surface area contributed by atoms with Crippen LogP contribution in [0.2, 0.25) is 0 Å². The number of likely N-dealkylation sites (tertiary alicyclic amines) is 1. The Kier molecular flexibility index (Phi) is 4.66.